The Bertz CT molecular complexity index is 1270. The number of carbonyl (C=O) groups excluding carboxylic acids is 2. The van der Waals surface area contributed by atoms with Gasteiger partial charge >= 0.3 is 0 Å². The summed E-state index contributed by atoms with van der Waals surface area (Å²) in [5.41, 5.74) is 1.52. The van der Waals surface area contributed by atoms with Gasteiger partial charge in [0.2, 0.25) is 0 Å². The highest BCUT2D eigenvalue weighted by molar-refractivity contribution is 9.11. The van der Waals surface area contributed by atoms with E-state index in [1.54, 1.807) is 30.3 Å². The lowest BCUT2D eigenvalue weighted by Gasteiger charge is -2.14. The smallest absolute Gasteiger partial charge is 0.293 e. The lowest BCUT2D eigenvalue weighted by atomic mass is 10.2. The van der Waals surface area contributed by atoms with Crippen LogP contribution in [0.2, 0.25) is 5.02 Å². The molecule has 2 amide bonds. The number of rotatable bonds is 6. The van der Waals surface area contributed by atoms with Crippen LogP contribution in [0.3, 0.4) is 0 Å². The molecule has 34 heavy (non-hydrogen) atoms. The molecule has 0 bridgehead atoms. The first kappa shape index (κ1) is 24.9. The molecule has 0 atom stereocenters. The van der Waals surface area contributed by atoms with Crippen LogP contribution in [0.25, 0.3) is 6.08 Å². The number of thioether (sulfide) groups is 1. The molecular formula is C24H14Br2ClF2NO3S. The number of amides is 2. The maximum absolute atomic E-state index is 14.1. The molecule has 0 N–H and O–H groups in total. The highest BCUT2D eigenvalue weighted by atomic mass is 79.9. The van der Waals surface area contributed by atoms with E-state index in [9.17, 15) is 18.4 Å². The van der Waals surface area contributed by atoms with Crippen LogP contribution in [0.5, 0.6) is 5.75 Å². The summed E-state index contributed by atoms with van der Waals surface area (Å²) in [5.74, 6) is -0.904. The van der Waals surface area contributed by atoms with Gasteiger partial charge in [-0.15, -0.1) is 0 Å². The minimum absolute atomic E-state index is 0.0841. The topological polar surface area (TPSA) is 46.6 Å². The summed E-state index contributed by atoms with van der Waals surface area (Å²) in [5, 5.41) is -0.361. The standard InChI is InChI=1S/C24H14Br2ClF2NO3S/c25-17-8-14(9-18(26)22(17)33-12-13-4-6-15(28)7-5-13)10-21-23(31)30(24(32)34-21)11-16-19(27)2-1-3-20(16)29/h1-10H,11-12H2/b21-10-. The Balaban J connectivity index is 1.51. The van der Waals surface area contributed by atoms with Crippen LogP contribution in [0, 0.1) is 11.6 Å². The number of benzene rings is 3. The lowest BCUT2D eigenvalue weighted by Crippen LogP contribution is -2.28. The van der Waals surface area contributed by atoms with Gasteiger partial charge in [0.25, 0.3) is 11.1 Å². The number of imide groups is 1. The van der Waals surface area contributed by atoms with Crippen molar-refractivity contribution < 1.29 is 23.1 Å². The van der Waals surface area contributed by atoms with Crippen LogP contribution >= 0.6 is 55.2 Å². The maximum atomic E-state index is 14.1. The summed E-state index contributed by atoms with van der Waals surface area (Å²) < 4.78 is 34.3. The van der Waals surface area contributed by atoms with Crippen molar-refractivity contribution in [2.45, 2.75) is 13.2 Å². The normalized spacial score (nSPS) is 14.9. The van der Waals surface area contributed by atoms with Crippen molar-refractivity contribution in [2.24, 2.45) is 0 Å². The largest absolute Gasteiger partial charge is 0.487 e. The first-order valence-corrected chi connectivity index (χ1v) is 12.6. The highest BCUT2D eigenvalue weighted by Crippen LogP contribution is 2.39. The van der Waals surface area contributed by atoms with Gasteiger partial charge in [0, 0.05) is 10.6 Å². The fourth-order valence-corrected chi connectivity index (χ4v) is 5.68. The van der Waals surface area contributed by atoms with E-state index in [1.807, 2.05) is 0 Å². The Labute approximate surface area is 220 Å². The van der Waals surface area contributed by atoms with Crippen molar-refractivity contribution in [3.05, 3.63) is 102 Å². The summed E-state index contributed by atoms with van der Waals surface area (Å²) >= 11 is 13.7. The quantitative estimate of drug-likeness (QED) is 0.260. The molecule has 0 saturated carbocycles. The molecule has 0 aromatic heterocycles. The van der Waals surface area contributed by atoms with Crippen molar-refractivity contribution in [3.63, 3.8) is 0 Å². The average Bonchev–Trinajstić information content (AvgIpc) is 3.04. The fraction of sp³-hybridized carbons (Fsp3) is 0.0833. The van der Waals surface area contributed by atoms with Gasteiger partial charge in [-0.25, -0.2) is 8.78 Å². The van der Waals surface area contributed by atoms with Crippen molar-refractivity contribution in [1.29, 1.82) is 0 Å². The van der Waals surface area contributed by atoms with E-state index in [1.165, 1.54) is 30.3 Å². The molecule has 1 saturated heterocycles. The van der Waals surface area contributed by atoms with Gasteiger partial charge in [0.05, 0.1) is 20.4 Å². The molecule has 1 heterocycles. The Kier molecular flexibility index (Phi) is 7.77. The van der Waals surface area contributed by atoms with Crippen LogP contribution in [0.15, 0.2) is 68.4 Å². The number of nitrogens with zero attached hydrogens (tertiary/aromatic N) is 1. The molecule has 0 aliphatic carbocycles. The summed E-state index contributed by atoms with van der Waals surface area (Å²) in [6, 6.07) is 13.7. The Morgan fingerprint density at radius 2 is 1.71 bits per heavy atom. The van der Waals surface area contributed by atoms with Gasteiger partial charge in [-0.1, -0.05) is 29.8 Å². The lowest BCUT2D eigenvalue weighted by molar-refractivity contribution is -0.123. The van der Waals surface area contributed by atoms with E-state index in [4.69, 9.17) is 16.3 Å². The second kappa shape index (κ2) is 10.6. The molecule has 3 aromatic rings. The van der Waals surface area contributed by atoms with Crippen molar-refractivity contribution in [1.82, 2.24) is 4.90 Å². The molecule has 4 nitrogen and oxygen atoms in total. The van der Waals surface area contributed by atoms with Crippen molar-refractivity contribution in [3.8, 4) is 5.75 Å². The monoisotopic (exact) mass is 627 g/mol. The molecule has 10 heteroatoms. The minimum Gasteiger partial charge on any atom is -0.487 e. The molecule has 0 unspecified atom stereocenters. The van der Waals surface area contributed by atoms with Gasteiger partial charge in [-0.3, -0.25) is 14.5 Å². The van der Waals surface area contributed by atoms with Gasteiger partial charge in [0.15, 0.2) is 0 Å². The maximum Gasteiger partial charge on any atom is 0.293 e. The first-order chi connectivity index (χ1) is 16.2. The van der Waals surface area contributed by atoms with Gasteiger partial charge in [-0.05, 0) is 97.2 Å². The van der Waals surface area contributed by atoms with Crippen LogP contribution in [0.4, 0.5) is 13.6 Å². The van der Waals surface area contributed by atoms with E-state index in [-0.39, 0.29) is 34.5 Å². The number of hydrogen-bond acceptors (Lipinski definition) is 4. The Morgan fingerprint density at radius 3 is 2.35 bits per heavy atom. The fourth-order valence-electron chi connectivity index (χ4n) is 3.17. The van der Waals surface area contributed by atoms with Crippen LogP contribution in [-0.2, 0) is 17.9 Å². The predicted molar refractivity (Wildman–Crippen MR) is 135 cm³/mol. The minimum atomic E-state index is -0.584. The van der Waals surface area contributed by atoms with E-state index >= 15 is 0 Å². The number of hydrogen-bond donors (Lipinski definition) is 0. The molecule has 1 aliphatic rings. The molecule has 3 aromatic carbocycles. The third kappa shape index (κ3) is 5.54. The highest BCUT2D eigenvalue weighted by Gasteiger charge is 2.36. The van der Waals surface area contributed by atoms with E-state index in [0.717, 1.165) is 22.2 Å². The summed E-state index contributed by atoms with van der Waals surface area (Å²) in [6.07, 6.45) is 1.58. The summed E-state index contributed by atoms with van der Waals surface area (Å²) in [7, 11) is 0. The SMILES string of the molecule is O=C1S/C(=C\c2cc(Br)c(OCc3ccc(F)cc3)c(Br)c2)C(=O)N1Cc1c(F)cccc1Cl. The zero-order valence-corrected chi connectivity index (χ0v) is 21.9. The zero-order valence-electron chi connectivity index (χ0n) is 17.2. The molecule has 174 valence electrons. The third-order valence-electron chi connectivity index (χ3n) is 4.87. The first-order valence-electron chi connectivity index (χ1n) is 9.77. The van der Waals surface area contributed by atoms with Crippen LogP contribution in [0.1, 0.15) is 16.7 Å². The molecule has 0 spiro atoms. The average molecular weight is 630 g/mol. The molecular weight excluding hydrogens is 616 g/mol. The number of carbonyl (C=O) groups is 2. The third-order valence-corrected chi connectivity index (χ3v) is 7.31. The van der Waals surface area contributed by atoms with E-state index < -0.39 is 17.0 Å². The second-order valence-corrected chi connectivity index (χ2v) is 10.3. The summed E-state index contributed by atoms with van der Waals surface area (Å²) in [4.78, 5) is 26.5. The Morgan fingerprint density at radius 1 is 1.03 bits per heavy atom. The van der Waals surface area contributed by atoms with E-state index in [0.29, 0.717) is 20.3 Å². The zero-order chi connectivity index (χ0) is 24.4. The molecule has 1 aliphatic heterocycles. The number of ether oxygens (including phenoxy) is 1. The molecule has 0 radical (unpaired) electrons. The second-order valence-electron chi connectivity index (χ2n) is 7.20. The Hall–Kier alpha value is -2.20. The van der Waals surface area contributed by atoms with Gasteiger partial charge in [0.1, 0.15) is 24.0 Å². The van der Waals surface area contributed by atoms with E-state index in [2.05, 4.69) is 31.9 Å². The predicted octanol–water partition coefficient (Wildman–Crippen LogP) is 7.96. The molecule has 4 rings (SSSR count). The van der Waals surface area contributed by atoms with Crippen molar-refractivity contribution >= 4 is 72.4 Å². The molecule has 1 fully saturated rings. The van der Waals surface area contributed by atoms with Gasteiger partial charge < -0.3 is 4.74 Å². The van der Waals surface area contributed by atoms with Gasteiger partial charge in [-0.2, -0.15) is 0 Å². The number of halogens is 5. The van der Waals surface area contributed by atoms with Crippen molar-refractivity contribution in [2.75, 3.05) is 0 Å². The van der Waals surface area contributed by atoms with Crippen LogP contribution < -0.4 is 4.74 Å². The summed E-state index contributed by atoms with van der Waals surface area (Å²) in [6.45, 7) is -0.0224. The van der Waals surface area contributed by atoms with Crippen LogP contribution in [-0.4, -0.2) is 16.0 Å².